The highest BCUT2D eigenvalue weighted by Crippen LogP contribution is 2.22. The molecule has 0 aliphatic rings. The van der Waals surface area contributed by atoms with E-state index in [1.807, 2.05) is 37.3 Å². The van der Waals surface area contributed by atoms with Crippen LogP contribution in [0.5, 0.6) is 11.5 Å². The molecule has 0 fully saturated rings. The number of guanidine groups is 1. The highest BCUT2D eigenvalue weighted by Gasteiger charge is 2.13. The van der Waals surface area contributed by atoms with Crippen molar-refractivity contribution >= 4 is 41.6 Å². The van der Waals surface area contributed by atoms with Crippen LogP contribution in [0.4, 0.5) is 5.69 Å². The Labute approximate surface area is 206 Å². The maximum Gasteiger partial charge on any atom is 0.341 e. The molecule has 0 atom stereocenters. The molecule has 0 aliphatic carbocycles. The molecule has 0 radical (unpaired) electrons. The molecule has 0 unspecified atom stereocenters. The molecule has 9 heteroatoms. The van der Waals surface area contributed by atoms with Gasteiger partial charge in [-0.25, -0.2) is 9.79 Å². The fourth-order valence-electron chi connectivity index (χ4n) is 2.78. The second kappa shape index (κ2) is 15.3. The zero-order chi connectivity index (χ0) is 22.5. The van der Waals surface area contributed by atoms with Crippen molar-refractivity contribution < 1.29 is 23.7 Å². The van der Waals surface area contributed by atoms with Gasteiger partial charge in [0.05, 0.1) is 27.4 Å². The summed E-state index contributed by atoms with van der Waals surface area (Å²) in [7, 11) is 4.54. The molecule has 0 aromatic heterocycles. The van der Waals surface area contributed by atoms with Crippen LogP contribution < -0.4 is 20.1 Å². The van der Waals surface area contributed by atoms with Crippen LogP contribution >= 0.6 is 24.0 Å². The van der Waals surface area contributed by atoms with Crippen molar-refractivity contribution in [2.75, 3.05) is 46.4 Å². The molecule has 2 aromatic carbocycles. The first kappa shape index (κ1) is 27.5. The number of hydrogen-bond donors (Lipinski definition) is 2. The Balaban J connectivity index is 0.00000512. The number of aliphatic imine (C=N–C) groups is 1. The van der Waals surface area contributed by atoms with E-state index in [1.165, 1.54) is 14.2 Å². The smallest absolute Gasteiger partial charge is 0.341 e. The number of nitrogens with one attached hydrogen (secondary N) is 2. The maximum atomic E-state index is 11.8. The highest BCUT2D eigenvalue weighted by atomic mass is 127. The van der Waals surface area contributed by atoms with E-state index in [9.17, 15) is 4.79 Å². The molecular weight excluding hydrogens is 525 g/mol. The van der Waals surface area contributed by atoms with Crippen molar-refractivity contribution in [1.82, 2.24) is 5.32 Å². The van der Waals surface area contributed by atoms with Gasteiger partial charge in [-0.05, 0) is 36.8 Å². The normalized spacial score (nSPS) is 10.7. The number of methoxy groups -OCH3 is 3. The van der Waals surface area contributed by atoms with Gasteiger partial charge in [0.25, 0.3) is 0 Å². The Kier molecular flexibility index (Phi) is 13.2. The van der Waals surface area contributed by atoms with E-state index in [0.29, 0.717) is 43.6 Å². The number of esters is 1. The lowest BCUT2D eigenvalue weighted by Gasteiger charge is -2.13. The SMILES string of the molecule is CCNC(=NCc1ccc(C(=O)OC)c(OC)c1)Nc1cccc(OCCCOC)c1.I. The van der Waals surface area contributed by atoms with Crippen LogP contribution in [0, 0.1) is 0 Å². The van der Waals surface area contributed by atoms with Gasteiger partial charge >= 0.3 is 5.97 Å². The predicted octanol–water partition coefficient (Wildman–Crippen LogP) is 4.09. The summed E-state index contributed by atoms with van der Waals surface area (Å²) in [6, 6.07) is 13.0. The van der Waals surface area contributed by atoms with Crippen LogP contribution in [0.3, 0.4) is 0 Å². The van der Waals surface area contributed by atoms with Gasteiger partial charge in [-0.15, -0.1) is 24.0 Å². The van der Waals surface area contributed by atoms with Gasteiger partial charge in [-0.1, -0.05) is 12.1 Å². The molecule has 2 rings (SSSR count). The van der Waals surface area contributed by atoms with E-state index in [4.69, 9.17) is 18.9 Å². The maximum absolute atomic E-state index is 11.8. The monoisotopic (exact) mass is 557 g/mol. The molecule has 8 nitrogen and oxygen atoms in total. The van der Waals surface area contributed by atoms with Crippen LogP contribution in [-0.2, 0) is 16.0 Å². The van der Waals surface area contributed by atoms with Gasteiger partial charge in [0, 0.05) is 38.4 Å². The van der Waals surface area contributed by atoms with E-state index < -0.39 is 5.97 Å². The quantitative estimate of drug-likeness (QED) is 0.141. The third-order valence-electron chi connectivity index (χ3n) is 4.29. The Bertz CT molecular complexity index is 876. The summed E-state index contributed by atoms with van der Waals surface area (Å²) in [4.78, 5) is 16.4. The number of rotatable bonds is 11. The number of ether oxygens (including phenoxy) is 4. The van der Waals surface area contributed by atoms with E-state index >= 15 is 0 Å². The third kappa shape index (κ3) is 8.91. The molecule has 0 saturated heterocycles. The van der Waals surface area contributed by atoms with Gasteiger partial charge in [0.1, 0.15) is 17.1 Å². The molecular formula is C23H32IN3O5. The van der Waals surface area contributed by atoms with E-state index in [1.54, 1.807) is 19.2 Å². The van der Waals surface area contributed by atoms with Crippen LogP contribution in [0.2, 0.25) is 0 Å². The number of nitrogens with zero attached hydrogens (tertiary/aromatic N) is 1. The Morgan fingerprint density at radius 2 is 1.88 bits per heavy atom. The number of carbonyl (C=O) groups is 1. The first-order valence-corrected chi connectivity index (χ1v) is 10.1. The predicted molar refractivity (Wildman–Crippen MR) is 137 cm³/mol. The lowest BCUT2D eigenvalue weighted by atomic mass is 10.1. The summed E-state index contributed by atoms with van der Waals surface area (Å²) < 4.78 is 20.9. The minimum absolute atomic E-state index is 0. The second-order valence-corrected chi connectivity index (χ2v) is 6.57. The zero-order valence-electron chi connectivity index (χ0n) is 19.0. The molecule has 0 amide bonds. The largest absolute Gasteiger partial charge is 0.496 e. The molecule has 176 valence electrons. The molecule has 32 heavy (non-hydrogen) atoms. The van der Waals surface area contributed by atoms with Crippen LogP contribution in [0.15, 0.2) is 47.5 Å². The van der Waals surface area contributed by atoms with Crippen molar-refractivity contribution in [2.24, 2.45) is 4.99 Å². The second-order valence-electron chi connectivity index (χ2n) is 6.57. The average Bonchev–Trinajstić information content (AvgIpc) is 2.80. The minimum Gasteiger partial charge on any atom is -0.496 e. The standard InChI is InChI=1S/C23H31N3O5.HI/c1-5-24-23(26-18-8-6-9-19(15-18)31-13-7-12-28-2)25-16-17-10-11-20(22(27)30-4)21(14-17)29-3;/h6,8-11,14-15H,5,7,12-13,16H2,1-4H3,(H2,24,25,26);1H. The van der Waals surface area contributed by atoms with Crippen molar-refractivity contribution in [3.8, 4) is 11.5 Å². The van der Waals surface area contributed by atoms with Crippen LogP contribution in [0.1, 0.15) is 29.3 Å². The highest BCUT2D eigenvalue weighted by molar-refractivity contribution is 14.0. The fourth-order valence-corrected chi connectivity index (χ4v) is 2.78. The van der Waals surface area contributed by atoms with Crippen LogP contribution in [-0.4, -0.2) is 53.0 Å². The molecule has 0 heterocycles. The van der Waals surface area contributed by atoms with Gasteiger partial charge in [0.2, 0.25) is 0 Å². The van der Waals surface area contributed by atoms with Crippen molar-refractivity contribution in [3.05, 3.63) is 53.6 Å². The van der Waals surface area contributed by atoms with E-state index in [2.05, 4.69) is 15.6 Å². The number of benzene rings is 2. The lowest BCUT2D eigenvalue weighted by Crippen LogP contribution is -2.30. The summed E-state index contributed by atoms with van der Waals surface area (Å²) >= 11 is 0. The molecule has 2 N–H and O–H groups in total. The summed E-state index contributed by atoms with van der Waals surface area (Å²) in [5, 5.41) is 6.51. The van der Waals surface area contributed by atoms with Crippen molar-refractivity contribution in [1.29, 1.82) is 0 Å². The van der Waals surface area contributed by atoms with Crippen LogP contribution in [0.25, 0.3) is 0 Å². The Morgan fingerprint density at radius 3 is 2.56 bits per heavy atom. The minimum atomic E-state index is -0.439. The van der Waals surface area contributed by atoms with Gasteiger partial charge in [0.15, 0.2) is 5.96 Å². The number of hydrogen-bond acceptors (Lipinski definition) is 6. The van der Waals surface area contributed by atoms with Gasteiger partial charge < -0.3 is 29.6 Å². The Morgan fingerprint density at radius 1 is 1.06 bits per heavy atom. The summed E-state index contributed by atoms with van der Waals surface area (Å²) in [6.07, 6.45) is 0.830. The van der Waals surface area contributed by atoms with Crippen molar-refractivity contribution in [2.45, 2.75) is 19.9 Å². The fraction of sp³-hybridized carbons (Fsp3) is 0.391. The number of halogens is 1. The molecule has 0 bridgehead atoms. The van der Waals surface area contributed by atoms with Gasteiger partial charge in [-0.2, -0.15) is 0 Å². The summed E-state index contributed by atoms with van der Waals surface area (Å²) in [6.45, 7) is 4.38. The van der Waals surface area contributed by atoms with E-state index in [-0.39, 0.29) is 24.0 Å². The summed E-state index contributed by atoms with van der Waals surface area (Å²) in [5.41, 5.74) is 2.14. The third-order valence-corrected chi connectivity index (χ3v) is 4.29. The molecule has 0 aliphatic heterocycles. The molecule has 0 spiro atoms. The first-order chi connectivity index (χ1) is 15.1. The zero-order valence-corrected chi connectivity index (χ0v) is 21.3. The summed E-state index contributed by atoms with van der Waals surface area (Å²) in [5.74, 6) is 1.43. The number of carbonyl (C=O) groups excluding carboxylic acids is 1. The Hall–Kier alpha value is -2.53. The van der Waals surface area contributed by atoms with Crippen molar-refractivity contribution in [3.63, 3.8) is 0 Å². The van der Waals surface area contributed by atoms with E-state index in [0.717, 1.165) is 23.4 Å². The number of anilines is 1. The topological polar surface area (TPSA) is 90.4 Å². The molecule has 2 aromatic rings. The average molecular weight is 557 g/mol. The first-order valence-electron chi connectivity index (χ1n) is 10.1. The lowest BCUT2D eigenvalue weighted by molar-refractivity contribution is 0.0597. The molecule has 0 saturated carbocycles. The van der Waals surface area contributed by atoms with Gasteiger partial charge in [-0.3, -0.25) is 0 Å².